The van der Waals surface area contributed by atoms with Crippen LogP contribution in [0, 0.1) is 32.1 Å². The third-order valence-electron chi connectivity index (χ3n) is 5.41. The van der Waals surface area contributed by atoms with Gasteiger partial charge in [-0.2, -0.15) is 5.26 Å². The van der Waals surface area contributed by atoms with Gasteiger partial charge in [0.25, 0.3) is 11.8 Å². The minimum atomic E-state index is -0.511. The fourth-order valence-electron chi connectivity index (χ4n) is 3.27. The van der Waals surface area contributed by atoms with Crippen molar-refractivity contribution in [3.63, 3.8) is 0 Å². The summed E-state index contributed by atoms with van der Waals surface area (Å²) in [4.78, 5) is 24.9. The van der Waals surface area contributed by atoms with Gasteiger partial charge in [0.1, 0.15) is 11.6 Å². The van der Waals surface area contributed by atoms with Crippen LogP contribution in [0.2, 0.25) is 0 Å². The second kappa shape index (κ2) is 11.5. The zero-order valence-electron chi connectivity index (χ0n) is 20.1. The minimum Gasteiger partial charge on any atom is -0.493 e. The molecule has 0 aliphatic heterocycles. The van der Waals surface area contributed by atoms with Crippen molar-refractivity contribution < 1.29 is 19.1 Å². The van der Waals surface area contributed by atoms with E-state index in [0.29, 0.717) is 22.7 Å². The summed E-state index contributed by atoms with van der Waals surface area (Å²) in [5, 5.41) is 15.1. The van der Waals surface area contributed by atoms with Gasteiger partial charge >= 0.3 is 0 Å². The summed E-state index contributed by atoms with van der Waals surface area (Å²) in [6, 6.07) is 19.9. The van der Waals surface area contributed by atoms with E-state index in [0.717, 1.165) is 22.4 Å². The highest BCUT2D eigenvalue weighted by atomic mass is 16.5. The van der Waals surface area contributed by atoms with Gasteiger partial charge in [-0.25, -0.2) is 0 Å². The molecule has 0 aliphatic carbocycles. The van der Waals surface area contributed by atoms with Crippen LogP contribution in [0.5, 0.6) is 11.5 Å². The molecule has 3 aromatic carbocycles. The van der Waals surface area contributed by atoms with E-state index in [1.165, 1.54) is 13.2 Å². The van der Waals surface area contributed by atoms with Crippen LogP contribution in [-0.4, -0.2) is 25.5 Å². The van der Waals surface area contributed by atoms with Crippen LogP contribution < -0.4 is 20.1 Å². The molecular weight excluding hydrogens is 442 g/mol. The number of anilines is 2. The molecule has 7 nitrogen and oxygen atoms in total. The molecule has 0 radical (unpaired) electrons. The molecule has 2 amide bonds. The fraction of sp³-hybridized carbons (Fsp3) is 0.179. The Hall–Kier alpha value is -4.57. The number of rotatable bonds is 8. The number of hydrogen-bond acceptors (Lipinski definition) is 5. The van der Waals surface area contributed by atoms with Gasteiger partial charge in [0.15, 0.2) is 18.1 Å². The van der Waals surface area contributed by atoms with Crippen molar-refractivity contribution in [1.29, 1.82) is 5.26 Å². The Morgan fingerprint density at radius 2 is 1.69 bits per heavy atom. The summed E-state index contributed by atoms with van der Waals surface area (Å²) >= 11 is 0. The molecule has 0 unspecified atom stereocenters. The number of nitriles is 1. The van der Waals surface area contributed by atoms with E-state index >= 15 is 0 Å². The molecule has 0 atom stereocenters. The monoisotopic (exact) mass is 469 g/mol. The lowest BCUT2D eigenvalue weighted by Crippen LogP contribution is -2.20. The molecule has 2 N–H and O–H groups in total. The Bertz CT molecular complexity index is 1320. The van der Waals surface area contributed by atoms with E-state index in [1.807, 2.05) is 63.2 Å². The van der Waals surface area contributed by atoms with Crippen LogP contribution in [0.3, 0.4) is 0 Å². The van der Waals surface area contributed by atoms with E-state index < -0.39 is 5.91 Å². The van der Waals surface area contributed by atoms with E-state index in [2.05, 4.69) is 10.6 Å². The molecule has 0 heterocycles. The summed E-state index contributed by atoms with van der Waals surface area (Å²) in [7, 11) is 1.47. The molecule has 3 rings (SSSR count). The molecule has 3 aromatic rings. The van der Waals surface area contributed by atoms with Crippen LogP contribution >= 0.6 is 0 Å². The number of carbonyl (C=O) groups is 2. The Balaban J connectivity index is 1.69. The van der Waals surface area contributed by atoms with Gasteiger partial charge in [0.2, 0.25) is 0 Å². The highest BCUT2D eigenvalue weighted by molar-refractivity contribution is 6.09. The van der Waals surface area contributed by atoms with E-state index in [9.17, 15) is 14.9 Å². The molecule has 0 fully saturated rings. The number of nitrogens with one attached hydrogen (secondary N) is 2. The van der Waals surface area contributed by atoms with Crippen molar-refractivity contribution in [2.45, 2.75) is 20.8 Å². The Labute approximate surface area is 205 Å². The Morgan fingerprint density at radius 1 is 0.914 bits per heavy atom. The normalized spacial score (nSPS) is 10.8. The van der Waals surface area contributed by atoms with Gasteiger partial charge in [-0.3, -0.25) is 9.59 Å². The zero-order chi connectivity index (χ0) is 25.4. The van der Waals surface area contributed by atoms with Crippen molar-refractivity contribution in [3.05, 3.63) is 88.5 Å². The maximum absolute atomic E-state index is 12.6. The van der Waals surface area contributed by atoms with Crippen LogP contribution in [0.25, 0.3) is 6.08 Å². The molecule has 0 saturated carbocycles. The highest BCUT2D eigenvalue weighted by Crippen LogP contribution is 2.29. The first-order valence-electron chi connectivity index (χ1n) is 11.0. The average Bonchev–Trinajstić information content (AvgIpc) is 2.85. The van der Waals surface area contributed by atoms with Crippen molar-refractivity contribution in [1.82, 2.24) is 0 Å². The van der Waals surface area contributed by atoms with Crippen LogP contribution in [0.1, 0.15) is 22.3 Å². The summed E-state index contributed by atoms with van der Waals surface area (Å²) in [5.41, 5.74) is 4.95. The molecular formula is C28H27N3O4. The first-order valence-corrected chi connectivity index (χ1v) is 11.0. The average molecular weight is 470 g/mol. The van der Waals surface area contributed by atoms with E-state index in [-0.39, 0.29) is 18.1 Å². The molecule has 35 heavy (non-hydrogen) atoms. The molecule has 178 valence electrons. The van der Waals surface area contributed by atoms with Crippen molar-refractivity contribution in [2.75, 3.05) is 24.4 Å². The number of nitrogens with zero attached hydrogens (tertiary/aromatic N) is 1. The maximum Gasteiger partial charge on any atom is 0.266 e. The minimum absolute atomic E-state index is 0.0587. The van der Waals surface area contributed by atoms with Crippen LogP contribution in [0.15, 0.2) is 66.2 Å². The number of benzene rings is 3. The topological polar surface area (TPSA) is 100 Å². The molecule has 0 aromatic heterocycles. The molecule has 7 heteroatoms. The number of methoxy groups -OCH3 is 1. The Morgan fingerprint density at radius 3 is 2.37 bits per heavy atom. The van der Waals surface area contributed by atoms with Crippen molar-refractivity contribution in [3.8, 4) is 17.6 Å². The Kier molecular flexibility index (Phi) is 8.25. The summed E-state index contributed by atoms with van der Waals surface area (Å²) in [5.74, 6) is -0.0833. The third-order valence-corrected chi connectivity index (χ3v) is 5.41. The number of carbonyl (C=O) groups excluding carboxylic acids is 2. The predicted octanol–water partition coefficient (Wildman–Crippen LogP) is 5.18. The van der Waals surface area contributed by atoms with Gasteiger partial charge in [0, 0.05) is 11.4 Å². The van der Waals surface area contributed by atoms with E-state index in [4.69, 9.17) is 9.47 Å². The standard InChI is InChI=1S/C28H27N3O4/c1-18-9-11-23(13-20(18)3)30-28(33)22(16-29)14-21-10-12-25(26(15-21)34-4)35-17-27(32)31-24-8-6-5-7-19(24)2/h5-15H,17H2,1-4H3,(H,30,33)(H,31,32). The van der Waals surface area contributed by atoms with Gasteiger partial charge in [-0.15, -0.1) is 0 Å². The number of amides is 2. The maximum atomic E-state index is 12.6. The van der Waals surface area contributed by atoms with Crippen LogP contribution in [-0.2, 0) is 9.59 Å². The highest BCUT2D eigenvalue weighted by Gasteiger charge is 2.13. The number of para-hydroxylation sites is 1. The van der Waals surface area contributed by atoms with Gasteiger partial charge in [-0.1, -0.05) is 30.3 Å². The lowest BCUT2D eigenvalue weighted by molar-refractivity contribution is -0.118. The van der Waals surface area contributed by atoms with Gasteiger partial charge in [0.05, 0.1) is 7.11 Å². The number of ether oxygens (including phenoxy) is 2. The van der Waals surface area contributed by atoms with Crippen molar-refractivity contribution in [2.24, 2.45) is 0 Å². The van der Waals surface area contributed by atoms with E-state index in [1.54, 1.807) is 24.3 Å². The van der Waals surface area contributed by atoms with Crippen LogP contribution in [0.4, 0.5) is 11.4 Å². The smallest absolute Gasteiger partial charge is 0.266 e. The second-order valence-corrected chi connectivity index (χ2v) is 7.99. The molecule has 0 saturated heterocycles. The van der Waals surface area contributed by atoms with Gasteiger partial charge < -0.3 is 20.1 Å². The molecule has 0 spiro atoms. The second-order valence-electron chi connectivity index (χ2n) is 7.99. The summed E-state index contributed by atoms with van der Waals surface area (Å²) in [6.45, 7) is 5.64. The van der Waals surface area contributed by atoms with Crippen molar-refractivity contribution >= 4 is 29.3 Å². The number of aryl methyl sites for hydroxylation is 3. The zero-order valence-corrected chi connectivity index (χ0v) is 20.1. The lowest BCUT2D eigenvalue weighted by atomic mass is 10.1. The first kappa shape index (κ1) is 25.1. The molecule has 0 bridgehead atoms. The number of hydrogen-bond donors (Lipinski definition) is 2. The molecule has 0 aliphatic rings. The SMILES string of the molecule is COc1cc(C=C(C#N)C(=O)Nc2ccc(C)c(C)c2)ccc1OCC(=O)Nc1ccccc1C. The predicted molar refractivity (Wildman–Crippen MR) is 136 cm³/mol. The quantitative estimate of drug-likeness (QED) is 0.350. The summed E-state index contributed by atoms with van der Waals surface area (Å²) < 4.78 is 11.0. The summed E-state index contributed by atoms with van der Waals surface area (Å²) in [6.07, 6.45) is 1.47. The first-order chi connectivity index (χ1) is 16.8. The fourth-order valence-corrected chi connectivity index (χ4v) is 3.27. The largest absolute Gasteiger partial charge is 0.493 e. The van der Waals surface area contributed by atoms with Gasteiger partial charge in [-0.05, 0) is 79.4 Å². The lowest BCUT2D eigenvalue weighted by Gasteiger charge is -2.12. The third kappa shape index (κ3) is 6.71.